The monoisotopic (exact) mass is 328 g/mol. The highest BCUT2D eigenvalue weighted by atomic mass is 32.2. The van der Waals surface area contributed by atoms with Gasteiger partial charge in [0.15, 0.2) is 8.68 Å². The zero-order valence-electron chi connectivity index (χ0n) is 10.3. The summed E-state index contributed by atoms with van der Waals surface area (Å²) in [6.07, 6.45) is 2.54. The van der Waals surface area contributed by atoms with Crippen molar-refractivity contribution in [3.05, 3.63) is 21.9 Å². The smallest absolute Gasteiger partial charge is 0.175 e. The summed E-state index contributed by atoms with van der Waals surface area (Å²) in [7, 11) is 0. The molecule has 0 saturated carbocycles. The Hall–Kier alpha value is -0.520. The Morgan fingerprint density at radius 1 is 1.26 bits per heavy atom. The fourth-order valence-electron chi connectivity index (χ4n) is 1.20. The number of thiophene rings is 1. The molecule has 0 aromatic carbocycles. The molecule has 0 saturated heterocycles. The van der Waals surface area contributed by atoms with E-state index in [2.05, 4.69) is 28.1 Å². The Balaban J connectivity index is 1.88. The van der Waals surface area contributed by atoms with Crippen LogP contribution in [-0.4, -0.2) is 28.2 Å². The van der Waals surface area contributed by atoms with Crippen molar-refractivity contribution in [2.75, 3.05) is 12.9 Å². The molecule has 19 heavy (non-hydrogen) atoms. The predicted octanol–water partition coefficient (Wildman–Crippen LogP) is 3.35. The minimum atomic E-state index is 0.121. The molecular weight excluding hydrogens is 316 g/mol. The molecule has 0 fully saturated rings. The summed E-state index contributed by atoms with van der Waals surface area (Å²) in [6, 6.07) is 4.12. The number of aliphatic hydroxyl groups excluding tert-OH is 1. The van der Waals surface area contributed by atoms with E-state index in [9.17, 15) is 0 Å². The van der Waals surface area contributed by atoms with Gasteiger partial charge in [-0.15, -0.1) is 21.5 Å². The van der Waals surface area contributed by atoms with Crippen molar-refractivity contribution in [1.29, 1.82) is 0 Å². The Morgan fingerprint density at radius 2 is 2.11 bits per heavy atom. The molecule has 0 aliphatic rings. The van der Waals surface area contributed by atoms with Crippen molar-refractivity contribution >= 4 is 46.2 Å². The molecule has 2 heterocycles. The second kappa shape index (κ2) is 7.92. The van der Waals surface area contributed by atoms with Crippen LogP contribution in [0.5, 0.6) is 0 Å². The summed E-state index contributed by atoms with van der Waals surface area (Å²) in [6.45, 7) is 0.121. The Labute approximate surface area is 128 Å². The van der Waals surface area contributed by atoms with E-state index in [1.165, 1.54) is 4.88 Å². The van der Waals surface area contributed by atoms with Gasteiger partial charge in [-0.3, -0.25) is 0 Å². The minimum absolute atomic E-state index is 0.121. The van der Waals surface area contributed by atoms with Gasteiger partial charge in [-0.05, 0) is 18.4 Å². The van der Waals surface area contributed by atoms with Gasteiger partial charge in [-0.1, -0.05) is 46.7 Å². The predicted molar refractivity (Wildman–Crippen MR) is 84.2 cm³/mol. The highest BCUT2D eigenvalue weighted by Gasteiger charge is 2.05. The quantitative estimate of drug-likeness (QED) is 0.674. The van der Waals surface area contributed by atoms with E-state index < -0.39 is 0 Å². The summed E-state index contributed by atoms with van der Waals surface area (Å²) in [5.41, 5.74) is 0. The molecule has 2 rings (SSSR count). The highest BCUT2D eigenvalue weighted by molar-refractivity contribution is 8.02. The molecule has 0 atom stereocenters. The molecule has 100 valence electrons. The molecule has 2 aromatic rings. The summed E-state index contributed by atoms with van der Waals surface area (Å²) >= 11 is 6.65. The summed E-state index contributed by atoms with van der Waals surface area (Å²) in [5, 5.41) is 16.9. The Morgan fingerprint density at radius 3 is 2.84 bits per heavy atom. The molecule has 1 N–H and O–H groups in total. The van der Waals surface area contributed by atoms with Gasteiger partial charge < -0.3 is 5.11 Å². The van der Waals surface area contributed by atoms with Gasteiger partial charge in [0.2, 0.25) is 0 Å². The number of rotatable bonds is 5. The molecule has 0 radical (unpaired) electrons. The van der Waals surface area contributed by atoms with Crippen molar-refractivity contribution < 1.29 is 5.11 Å². The van der Waals surface area contributed by atoms with E-state index >= 15 is 0 Å². The standard InChI is InChI=1S/C12H12N2OS4/c1-16-11-13-14-12(19-11)17-8-10-6-5-9(18-10)4-2-3-7-15/h5-6,15H,3,7-8H2,1H3. The first-order chi connectivity index (χ1) is 9.31. The van der Waals surface area contributed by atoms with E-state index in [0.29, 0.717) is 6.42 Å². The molecular formula is C12H12N2OS4. The van der Waals surface area contributed by atoms with Crippen molar-refractivity contribution in [2.45, 2.75) is 20.9 Å². The summed E-state index contributed by atoms with van der Waals surface area (Å²) in [4.78, 5) is 2.32. The second-order valence-corrected chi connectivity index (χ2v) is 7.79. The van der Waals surface area contributed by atoms with E-state index in [4.69, 9.17) is 5.11 Å². The van der Waals surface area contributed by atoms with Crippen LogP contribution in [0.25, 0.3) is 0 Å². The second-order valence-electron chi connectivity index (χ2n) is 3.37. The molecule has 3 nitrogen and oxygen atoms in total. The van der Waals surface area contributed by atoms with Gasteiger partial charge in [0.1, 0.15) is 0 Å². The van der Waals surface area contributed by atoms with Gasteiger partial charge in [0, 0.05) is 17.1 Å². The number of hydrogen-bond donors (Lipinski definition) is 1. The Kier molecular flexibility index (Phi) is 6.20. The van der Waals surface area contributed by atoms with Crippen LogP contribution in [0.15, 0.2) is 20.8 Å². The van der Waals surface area contributed by atoms with Crippen LogP contribution in [0, 0.1) is 11.8 Å². The van der Waals surface area contributed by atoms with Crippen LogP contribution in [0.4, 0.5) is 0 Å². The number of aromatic nitrogens is 2. The van der Waals surface area contributed by atoms with E-state index in [1.54, 1.807) is 46.2 Å². The maximum absolute atomic E-state index is 8.67. The zero-order chi connectivity index (χ0) is 13.5. The van der Waals surface area contributed by atoms with E-state index in [-0.39, 0.29) is 6.61 Å². The van der Waals surface area contributed by atoms with Crippen LogP contribution in [0.2, 0.25) is 0 Å². The van der Waals surface area contributed by atoms with Crippen LogP contribution >= 0.6 is 46.2 Å². The third kappa shape index (κ3) is 4.82. The SMILES string of the molecule is CSc1nnc(SCc2ccc(C#CCCO)s2)s1. The molecule has 0 aliphatic heterocycles. The zero-order valence-corrected chi connectivity index (χ0v) is 13.5. The molecule has 7 heteroatoms. The molecule has 2 aromatic heterocycles. The average Bonchev–Trinajstić information content (AvgIpc) is 3.05. The first kappa shape index (κ1) is 14.9. The average molecular weight is 329 g/mol. The number of thioether (sulfide) groups is 2. The van der Waals surface area contributed by atoms with Crippen molar-refractivity contribution in [2.24, 2.45) is 0 Å². The first-order valence-corrected chi connectivity index (χ1v) is 9.35. The lowest BCUT2D eigenvalue weighted by molar-refractivity contribution is 0.305. The van der Waals surface area contributed by atoms with Gasteiger partial charge in [-0.25, -0.2) is 0 Å². The van der Waals surface area contributed by atoms with Crippen LogP contribution < -0.4 is 0 Å². The summed E-state index contributed by atoms with van der Waals surface area (Å²) < 4.78 is 2.01. The molecule has 0 aliphatic carbocycles. The normalized spacial score (nSPS) is 10.2. The Bertz CT molecular complexity index is 582. The molecule has 0 unspecified atom stereocenters. The maximum atomic E-state index is 8.67. The third-order valence-corrected chi connectivity index (χ3v) is 6.27. The van der Waals surface area contributed by atoms with Gasteiger partial charge in [0.05, 0.1) is 11.5 Å². The molecule has 0 spiro atoms. The summed E-state index contributed by atoms with van der Waals surface area (Å²) in [5.74, 6) is 6.88. The van der Waals surface area contributed by atoms with E-state index in [0.717, 1.165) is 19.3 Å². The van der Waals surface area contributed by atoms with Crippen molar-refractivity contribution in [1.82, 2.24) is 10.2 Å². The number of aliphatic hydroxyl groups is 1. The van der Waals surface area contributed by atoms with E-state index in [1.807, 2.05) is 12.3 Å². The number of nitrogens with zero attached hydrogens (tertiary/aromatic N) is 2. The molecule has 0 amide bonds. The van der Waals surface area contributed by atoms with Gasteiger partial charge in [-0.2, -0.15) is 0 Å². The van der Waals surface area contributed by atoms with Crippen LogP contribution in [-0.2, 0) is 5.75 Å². The van der Waals surface area contributed by atoms with Crippen LogP contribution in [0.1, 0.15) is 16.2 Å². The van der Waals surface area contributed by atoms with Crippen LogP contribution in [0.3, 0.4) is 0 Å². The fraction of sp³-hybridized carbons (Fsp3) is 0.333. The fourth-order valence-corrected chi connectivity index (χ4v) is 4.56. The van der Waals surface area contributed by atoms with Crippen molar-refractivity contribution in [3.63, 3.8) is 0 Å². The lowest BCUT2D eigenvalue weighted by atomic mass is 10.4. The van der Waals surface area contributed by atoms with Crippen molar-refractivity contribution in [3.8, 4) is 11.8 Å². The largest absolute Gasteiger partial charge is 0.395 e. The minimum Gasteiger partial charge on any atom is -0.395 e. The lowest BCUT2D eigenvalue weighted by Crippen LogP contribution is -1.75. The number of hydrogen-bond acceptors (Lipinski definition) is 7. The van der Waals surface area contributed by atoms with Gasteiger partial charge in [0.25, 0.3) is 0 Å². The maximum Gasteiger partial charge on any atom is 0.175 e. The third-order valence-electron chi connectivity index (χ3n) is 2.01. The first-order valence-electron chi connectivity index (χ1n) is 5.50. The van der Waals surface area contributed by atoms with Gasteiger partial charge >= 0.3 is 0 Å². The highest BCUT2D eigenvalue weighted by Crippen LogP contribution is 2.31. The topological polar surface area (TPSA) is 46.0 Å². The lowest BCUT2D eigenvalue weighted by Gasteiger charge is -1.91. The molecule has 0 bridgehead atoms.